The average molecular weight is 326 g/mol. The van der Waals surface area contributed by atoms with Crippen LogP contribution in [0.1, 0.15) is 47.3 Å². The Morgan fingerprint density at radius 1 is 1.17 bits per heavy atom. The molecule has 1 aromatic heterocycles. The number of carbonyl (C=O) groups is 2. The van der Waals surface area contributed by atoms with Crippen LogP contribution >= 0.6 is 0 Å². The van der Waals surface area contributed by atoms with Crippen molar-refractivity contribution in [2.24, 2.45) is 5.92 Å². The highest BCUT2D eigenvalue weighted by Crippen LogP contribution is 2.16. The van der Waals surface area contributed by atoms with Crippen LogP contribution in [-0.2, 0) is 0 Å². The van der Waals surface area contributed by atoms with Crippen molar-refractivity contribution in [1.29, 1.82) is 0 Å². The lowest BCUT2D eigenvalue weighted by atomic mass is 10.1. The first-order chi connectivity index (χ1) is 11.3. The Balaban J connectivity index is 2.20. The highest BCUT2D eigenvalue weighted by Gasteiger charge is 2.11. The lowest BCUT2D eigenvalue weighted by Gasteiger charge is -2.10. The number of aromatic nitrogens is 2. The minimum atomic E-state index is -0.227. The van der Waals surface area contributed by atoms with Crippen molar-refractivity contribution in [1.82, 2.24) is 15.3 Å². The zero-order valence-electron chi connectivity index (χ0n) is 14.4. The van der Waals surface area contributed by atoms with E-state index >= 15 is 0 Å². The lowest BCUT2D eigenvalue weighted by Crippen LogP contribution is -2.28. The van der Waals surface area contributed by atoms with Gasteiger partial charge in [0.05, 0.1) is 0 Å². The zero-order chi connectivity index (χ0) is 17.7. The minimum Gasteiger partial charge on any atom is -0.350 e. The summed E-state index contributed by atoms with van der Waals surface area (Å²) in [6.45, 7) is 7.96. The highest BCUT2D eigenvalue weighted by atomic mass is 16.1. The van der Waals surface area contributed by atoms with Crippen LogP contribution in [0.3, 0.4) is 0 Å². The second kappa shape index (κ2) is 7.68. The Labute approximate surface area is 141 Å². The number of nitrogens with zero attached hydrogens (tertiary/aromatic N) is 2. The van der Waals surface area contributed by atoms with E-state index in [1.165, 1.54) is 6.92 Å². The largest absolute Gasteiger partial charge is 0.350 e. The number of nitrogens with one attached hydrogen (secondary N) is 2. The monoisotopic (exact) mass is 326 g/mol. The fraction of sp³-hybridized carbons (Fsp3) is 0.333. The van der Waals surface area contributed by atoms with E-state index in [-0.39, 0.29) is 11.7 Å². The van der Waals surface area contributed by atoms with E-state index in [0.29, 0.717) is 41.0 Å². The molecule has 6 heteroatoms. The van der Waals surface area contributed by atoms with Gasteiger partial charge in [0.1, 0.15) is 5.69 Å². The van der Waals surface area contributed by atoms with E-state index in [1.54, 1.807) is 31.2 Å². The summed E-state index contributed by atoms with van der Waals surface area (Å²) in [7, 11) is 0. The third-order valence-corrected chi connectivity index (χ3v) is 3.28. The van der Waals surface area contributed by atoms with E-state index in [4.69, 9.17) is 0 Å². The van der Waals surface area contributed by atoms with E-state index < -0.39 is 0 Å². The molecule has 126 valence electrons. The molecule has 0 unspecified atom stereocenters. The normalized spacial score (nSPS) is 10.5. The van der Waals surface area contributed by atoms with Crippen molar-refractivity contribution in [3.8, 4) is 0 Å². The molecule has 0 radical (unpaired) electrons. The molecule has 6 nitrogen and oxygen atoms in total. The third-order valence-electron chi connectivity index (χ3n) is 3.28. The molecular formula is C18H22N4O2. The Kier molecular flexibility index (Phi) is 5.63. The Bertz CT molecular complexity index is 756. The molecule has 24 heavy (non-hydrogen) atoms. The molecule has 0 spiro atoms. The summed E-state index contributed by atoms with van der Waals surface area (Å²) < 4.78 is 0. The summed E-state index contributed by atoms with van der Waals surface area (Å²) in [6.07, 6.45) is 0. The maximum Gasteiger partial charge on any atom is 0.270 e. The van der Waals surface area contributed by atoms with Crippen LogP contribution in [0, 0.1) is 12.8 Å². The van der Waals surface area contributed by atoms with Crippen molar-refractivity contribution in [2.75, 3.05) is 11.9 Å². The first kappa shape index (κ1) is 17.6. The van der Waals surface area contributed by atoms with Gasteiger partial charge in [0.2, 0.25) is 5.95 Å². The van der Waals surface area contributed by atoms with Gasteiger partial charge in [0.25, 0.3) is 5.91 Å². The molecule has 1 amide bonds. The molecule has 0 atom stereocenters. The van der Waals surface area contributed by atoms with Gasteiger partial charge < -0.3 is 10.6 Å². The maximum atomic E-state index is 12.2. The van der Waals surface area contributed by atoms with Gasteiger partial charge in [-0.25, -0.2) is 9.97 Å². The molecule has 2 aromatic rings. The number of anilines is 2. The fourth-order valence-corrected chi connectivity index (χ4v) is 2.07. The molecule has 2 rings (SSSR count). The smallest absolute Gasteiger partial charge is 0.270 e. The van der Waals surface area contributed by atoms with Crippen LogP contribution in [0.4, 0.5) is 11.6 Å². The number of hydrogen-bond acceptors (Lipinski definition) is 5. The molecule has 0 saturated carbocycles. The standard InChI is InChI=1S/C18H22N4O2/c1-11(2)10-19-17(24)16-8-12(3)20-18(22-16)21-15-7-5-6-14(9-15)13(4)23/h5-9,11H,10H2,1-4H3,(H,19,24)(H,20,21,22). The van der Waals surface area contributed by atoms with Gasteiger partial charge in [-0.3, -0.25) is 9.59 Å². The summed E-state index contributed by atoms with van der Waals surface area (Å²) in [5, 5.41) is 5.88. The fourth-order valence-electron chi connectivity index (χ4n) is 2.07. The van der Waals surface area contributed by atoms with Gasteiger partial charge in [-0.05, 0) is 38.0 Å². The van der Waals surface area contributed by atoms with Gasteiger partial charge in [-0.15, -0.1) is 0 Å². The molecule has 1 aromatic carbocycles. The first-order valence-electron chi connectivity index (χ1n) is 7.87. The summed E-state index contributed by atoms with van der Waals surface area (Å²) in [4.78, 5) is 32.2. The number of hydrogen-bond donors (Lipinski definition) is 2. The van der Waals surface area contributed by atoms with Crippen molar-refractivity contribution >= 4 is 23.3 Å². The maximum absolute atomic E-state index is 12.2. The van der Waals surface area contributed by atoms with E-state index in [0.717, 1.165) is 0 Å². The van der Waals surface area contributed by atoms with Gasteiger partial charge in [0, 0.05) is 23.5 Å². The average Bonchev–Trinajstić information content (AvgIpc) is 2.52. The van der Waals surface area contributed by atoms with Crippen molar-refractivity contribution < 1.29 is 9.59 Å². The number of carbonyl (C=O) groups excluding carboxylic acids is 2. The second-order valence-electron chi connectivity index (χ2n) is 6.08. The highest BCUT2D eigenvalue weighted by molar-refractivity contribution is 5.95. The Hall–Kier alpha value is -2.76. The molecule has 0 saturated heterocycles. The van der Waals surface area contributed by atoms with Crippen LogP contribution < -0.4 is 10.6 Å². The molecule has 0 fully saturated rings. The van der Waals surface area contributed by atoms with Crippen molar-refractivity contribution in [2.45, 2.75) is 27.7 Å². The molecular weight excluding hydrogens is 304 g/mol. The summed E-state index contributed by atoms with van der Waals surface area (Å²) in [5.41, 5.74) is 2.29. The first-order valence-corrected chi connectivity index (χ1v) is 7.87. The second-order valence-corrected chi connectivity index (χ2v) is 6.08. The summed E-state index contributed by atoms with van der Waals surface area (Å²) >= 11 is 0. The molecule has 0 aliphatic carbocycles. The van der Waals surface area contributed by atoms with E-state index in [1.807, 2.05) is 19.9 Å². The lowest BCUT2D eigenvalue weighted by molar-refractivity contribution is 0.0943. The number of benzene rings is 1. The van der Waals surface area contributed by atoms with E-state index in [9.17, 15) is 9.59 Å². The van der Waals surface area contributed by atoms with Gasteiger partial charge in [-0.2, -0.15) is 0 Å². The molecule has 0 aliphatic rings. The number of aryl methyl sites for hydroxylation is 1. The van der Waals surface area contributed by atoms with Crippen molar-refractivity contribution in [3.05, 3.63) is 47.3 Å². The Morgan fingerprint density at radius 3 is 2.58 bits per heavy atom. The van der Waals surface area contributed by atoms with Crippen LogP contribution in [0.15, 0.2) is 30.3 Å². The third kappa shape index (κ3) is 4.87. The quantitative estimate of drug-likeness (QED) is 0.797. The van der Waals surface area contributed by atoms with Crippen LogP contribution in [-0.4, -0.2) is 28.2 Å². The predicted molar refractivity (Wildman–Crippen MR) is 93.7 cm³/mol. The number of rotatable bonds is 6. The molecule has 2 N–H and O–H groups in total. The predicted octanol–water partition coefficient (Wildman–Crippen LogP) is 3.12. The van der Waals surface area contributed by atoms with Gasteiger partial charge in [-0.1, -0.05) is 26.0 Å². The molecule has 1 heterocycles. The van der Waals surface area contributed by atoms with Crippen LogP contribution in [0.25, 0.3) is 0 Å². The summed E-state index contributed by atoms with van der Waals surface area (Å²) in [5.74, 6) is 0.446. The van der Waals surface area contributed by atoms with Gasteiger partial charge >= 0.3 is 0 Å². The van der Waals surface area contributed by atoms with E-state index in [2.05, 4.69) is 20.6 Å². The SMILES string of the molecule is CC(=O)c1cccc(Nc2nc(C)cc(C(=O)NCC(C)C)n2)c1. The van der Waals surface area contributed by atoms with Crippen LogP contribution in [0.2, 0.25) is 0 Å². The Morgan fingerprint density at radius 2 is 1.92 bits per heavy atom. The topological polar surface area (TPSA) is 84.0 Å². The van der Waals surface area contributed by atoms with Crippen LogP contribution in [0.5, 0.6) is 0 Å². The molecule has 0 aliphatic heterocycles. The number of ketones is 1. The number of Topliss-reactive ketones (excluding diaryl/α,β-unsaturated/α-hetero) is 1. The van der Waals surface area contributed by atoms with Gasteiger partial charge in [0.15, 0.2) is 5.78 Å². The van der Waals surface area contributed by atoms with Crippen molar-refractivity contribution in [3.63, 3.8) is 0 Å². The minimum absolute atomic E-state index is 0.0161. The summed E-state index contributed by atoms with van der Waals surface area (Å²) in [6, 6.07) is 8.72. The number of amides is 1. The molecule has 0 bridgehead atoms. The zero-order valence-corrected chi connectivity index (χ0v) is 14.4.